The summed E-state index contributed by atoms with van der Waals surface area (Å²) in [6.45, 7) is 0. The maximum absolute atomic E-state index is 5.97. The van der Waals surface area contributed by atoms with E-state index in [1.54, 1.807) is 36.7 Å². The molecule has 5 heteroatoms. The molecule has 0 aliphatic carbocycles. The first-order valence-electron chi connectivity index (χ1n) is 4.00. The number of hydrogen-bond acceptors (Lipinski definition) is 2. The molecule has 0 aliphatic rings. The largest absolute Gasteiger partial charge is 2.00 e. The number of halogens is 2. The summed E-state index contributed by atoms with van der Waals surface area (Å²) in [6, 6.07) is 7.05. The molecule has 0 N–H and O–H groups in total. The van der Waals surface area contributed by atoms with Crippen LogP contribution >= 0.6 is 23.2 Å². The van der Waals surface area contributed by atoms with E-state index in [9.17, 15) is 0 Å². The molecule has 78 valence electrons. The smallest absolute Gasteiger partial charge is 0.253 e. The average molecular weight is 284 g/mol. The summed E-state index contributed by atoms with van der Waals surface area (Å²) in [5.41, 5.74) is 1.22. The van der Waals surface area contributed by atoms with E-state index in [0.717, 1.165) is 0 Å². The molecular weight excluding hydrogens is 278 g/mol. The van der Waals surface area contributed by atoms with Gasteiger partial charge in [-0.3, -0.25) is 9.97 Å². The fraction of sp³-hybridized carbons (Fsp3) is 0. The first-order valence-corrected chi connectivity index (χ1v) is 4.76. The topological polar surface area (TPSA) is 25.8 Å². The Labute approximate surface area is 108 Å². The van der Waals surface area contributed by atoms with E-state index >= 15 is 0 Å². The first-order chi connectivity index (χ1) is 6.79. The Morgan fingerprint density at radius 1 is 0.800 bits per heavy atom. The van der Waals surface area contributed by atoms with Gasteiger partial charge in [0.2, 0.25) is 0 Å². The van der Waals surface area contributed by atoms with E-state index in [1.807, 2.05) is 0 Å². The number of aromatic nitrogens is 2. The van der Waals surface area contributed by atoms with Crippen LogP contribution in [0.3, 0.4) is 0 Å². The number of hydrogen-bond donors (Lipinski definition) is 0. The summed E-state index contributed by atoms with van der Waals surface area (Å²) in [7, 11) is 0. The zero-order valence-corrected chi connectivity index (χ0v) is 9.93. The van der Waals surface area contributed by atoms with E-state index in [1.165, 1.54) is 0 Å². The van der Waals surface area contributed by atoms with Gasteiger partial charge in [-0.2, -0.15) is 0 Å². The van der Waals surface area contributed by atoms with Crippen molar-refractivity contribution < 1.29 is 16.5 Å². The van der Waals surface area contributed by atoms with Crippen LogP contribution in [-0.4, -0.2) is 9.97 Å². The molecule has 0 fully saturated rings. The molecular formula is C10H6Cl2N2Ni+2. The van der Waals surface area contributed by atoms with E-state index in [4.69, 9.17) is 23.2 Å². The molecule has 0 saturated heterocycles. The van der Waals surface area contributed by atoms with Crippen LogP contribution < -0.4 is 0 Å². The number of rotatable bonds is 1. The molecule has 0 aromatic carbocycles. The number of nitrogens with zero attached hydrogens (tertiary/aromatic N) is 2. The zero-order chi connectivity index (χ0) is 9.97. The van der Waals surface area contributed by atoms with E-state index in [2.05, 4.69) is 9.97 Å². The molecule has 2 heterocycles. The summed E-state index contributed by atoms with van der Waals surface area (Å²) in [6.07, 6.45) is 3.32. The van der Waals surface area contributed by atoms with Crippen LogP contribution in [0.5, 0.6) is 0 Å². The second-order valence-electron chi connectivity index (χ2n) is 2.67. The molecule has 0 aliphatic heterocycles. The van der Waals surface area contributed by atoms with Crippen LogP contribution in [0.2, 0.25) is 10.0 Å². The van der Waals surface area contributed by atoms with Gasteiger partial charge in [0.1, 0.15) is 11.4 Å². The van der Waals surface area contributed by atoms with Crippen molar-refractivity contribution in [3.8, 4) is 11.4 Å². The zero-order valence-electron chi connectivity index (χ0n) is 7.43. The number of pyridine rings is 2. The van der Waals surface area contributed by atoms with Crippen molar-refractivity contribution in [1.29, 1.82) is 0 Å². The van der Waals surface area contributed by atoms with Gasteiger partial charge in [0.15, 0.2) is 0 Å². The molecule has 0 atom stereocenters. The molecule has 2 nitrogen and oxygen atoms in total. The third-order valence-electron chi connectivity index (χ3n) is 1.74. The quantitative estimate of drug-likeness (QED) is 0.749. The standard InChI is InChI=1S/C10H6Cl2N2.Ni/c11-7-3-1-5-13-9(7)10-8(12)4-2-6-14-10;/h1-6H;/q;+2. The third-order valence-corrected chi connectivity index (χ3v) is 2.35. The van der Waals surface area contributed by atoms with Crippen LogP contribution in [0.25, 0.3) is 11.4 Å². The first kappa shape index (κ1) is 12.4. The van der Waals surface area contributed by atoms with E-state index < -0.39 is 0 Å². The van der Waals surface area contributed by atoms with Crippen LogP contribution in [0.15, 0.2) is 36.7 Å². The minimum absolute atomic E-state index is 0. The summed E-state index contributed by atoms with van der Waals surface area (Å²) in [4.78, 5) is 8.26. The SMILES string of the molecule is Clc1cccnc1-c1ncccc1Cl.[Ni+2]. The van der Waals surface area contributed by atoms with Gasteiger partial charge >= 0.3 is 16.5 Å². The Kier molecular flexibility index (Phi) is 4.53. The second-order valence-corrected chi connectivity index (χ2v) is 3.48. The summed E-state index contributed by atoms with van der Waals surface area (Å²) in [5, 5.41) is 1.10. The summed E-state index contributed by atoms with van der Waals surface area (Å²) < 4.78 is 0. The Morgan fingerprint density at radius 3 is 1.53 bits per heavy atom. The molecule has 0 bridgehead atoms. The Balaban J connectivity index is 0.00000112. The van der Waals surface area contributed by atoms with Crippen LogP contribution in [0.4, 0.5) is 0 Å². The van der Waals surface area contributed by atoms with Crippen molar-refractivity contribution in [3.05, 3.63) is 46.7 Å². The molecule has 0 spiro atoms. The maximum atomic E-state index is 5.97. The maximum Gasteiger partial charge on any atom is 2.00 e. The van der Waals surface area contributed by atoms with Gasteiger partial charge in [-0.1, -0.05) is 23.2 Å². The van der Waals surface area contributed by atoms with Crippen molar-refractivity contribution in [2.24, 2.45) is 0 Å². The van der Waals surface area contributed by atoms with Gasteiger partial charge in [0, 0.05) is 12.4 Å². The average Bonchev–Trinajstić information content (AvgIpc) is 2.20. The van der Waals surface area contributed by atoms with Gasteiger partial charge in [0.25, 0.3) is 0 Å². The second kappa shape index (κ2) is 5.46. The van der Waals surface area contributed by atoms with Gasteiger partial charge in [-0.05, 0) is 24.3 Å². The fourth-order valence-electron chi connectivity index (χ4n) is 1.12. The van der Waals surface area contributed by atoms with Crippen molar-refractivity contribution in [2.45, 2.75) is 0 Å². The Morgan fingerprint density at radius 2 is 1.20 bits per heavy atom. The Hall–Kier alpha value is -0.626. The molecule has 0 unspecified atom stereocenters. The van der Waals surface area contributed by atoms with Gasteiger partial charge in [-0.25, -0.2) is 0 Å². The summed E-state index contributed by atoms with van der Waals surface area (Å²) in [5.74, 6) is 0. The molecule has 2 rings (SSSR count). The monoisotopic (exact) mass is 282 g/mol. The fourth-order valence-corrected chi connectivity index (χ4v) is 1.54. The third kappa shape index (κ3) is 2.69. The molecule has 0 radical (unpaired) electrons. The van der Waals surface area contributed by atoms with Crippen LogP contribution in [0, 0.1) is 0 Å². The van der Waals surface area contributed by atoms with Gasteiger partial charge < -0.3 is 0 Å². The minimum atomic E-state index is 0. The van der Waals surface area contributed by atoms with E-state index in [0.29, 0.717) is 21.4 Å². The van der Waals surface area contributed by atoms with Crippen LogP contribution in [0.1, 0.15) is 0 Å². The normalized spacial score (nSPS) is 9.47. The predicted molar refractivity (Wildman–Crippen MR) is 57.5 cm³/mol. The Bertz CT molecular complexity index is 419. The molecule has 0 saturated carbocycles. The van der Waals surface area contributed by atoms with Crippen molar-refractivity contribution in [2.75, 3.05) is 0 Å². The van der Waals surface area contributed by atoms with Crippen molar-refractivity contribution in [1.82, 2.24) is 9.97 Å². The molecule has 2 aromatic heterocycles. The molecule has 2 aromatic rings. The summed E-state index contributed by atoms with van der Waals surface area (Å²) >= 11 is 11.9. The molecule has 15 heavy (non-hydrogen) atoms. The van der Waals surface area contributed by atoms with Crippen molar-refractivity contribution >= 4 is 23.2 Å². The van der Waals surface area contributed by atoms with Gasteiger partial charge in [0.05, 0.1) is 10.0 Å². The van der Waals surface area contributed by atoms with Gasteiger partial charge in [-0.15, -0.1) is 0 Å². The minimum Gasteiger partial charge on any atom is -0.253 e. The van der Waals surface area contributed by atoms with Crippen LogP contribution in [-0.2, 0) is 16.5 Å². The predicted octanol–water partition coefficient (Wildman–Crippen LogP) is 3.45. The van der Waals surface area contributed by atoms with Crippen molar-refractivity contribution in [3.63, 3.8) is 0 Å². The van der Waals surface area contributed by atoms with E-state index in [-0.39, 0.29) is 16.5 Å². The molecule has 0 amide bonds.